The SMILES string of the molecule is COc1ccc(Nc2nc3cc(Br)ccc3s2)c(OC)c1. The molecule has 0 aliphatic heterocycles. The Kier molecular flexibility index (Phi) is 3.98. The van der Waals surface area contributed by atoms with Gasteiger partial charge in [-0.05, 0) is 30.3 Å². The van der Waals surface area contributed by atoms with E-state index in [1.165, 1.54) is 0 Å². The fourth-order valence-corrected chi connectivity index (χ4v) is 3.18. The van der Waals surface area contributed by atoms with Gasteiger partial charge in [0.15, 0.2) is 5.13 Å². The summed E-state index contributed by atoms with van der Waals surface area (Å²) in [5.74, 6) is 1.47. The Morgan fingerprint density at radius 2 is 1.95 bits per heavy atom. The molecule has 0 radical (unpaired) electrons. The zero-order valence-electron chi connectivity index (χ0n) is 11.5. The van der Waals surface area contributed by atoms with Gasteiger partial charge in [0.2, 0.25) is 0 Å². The van der Waals surface area contributed by atoms with E-state index in [0.717, 1.165) is 37.0 Å². The highest BCUT2D eigenvalue weighted by Gasteiger charge is 2.09. The fraction of sp³-hybridized carbons (Fsp3) is 0.133. The van der Waals surface area contributed by atoms with E-state index in [-0.39, 0.29) is 0 Å². The molecule has 0 atom stereocenters. The van der Waals surface area contributed by atoms with Crippen molar-refractivity contribution in [3.8, 4) is 11.5 Å². The molecule has 0 amide bonds. The summed E-state index contributed by atoms with van der Waals surface area (Å²) in [7, 11) is 3.27. The molecule has 0 spiro atoms. The van der Waals surface area contributed by atoms with Gasteiger partial charge in [-0.3, -0.25) is 0 Å². The highest BCUT2D eigenvalue weighted by Crippen LogP contribution is 2.34. The molecule has 0 bridgehead atoms. The van der Waals surface area contributed by atoms with Crippen molar-refractivity contribution in [1.29, 1.82) is 0 Å². The maximum absolute atomic E-state index is 5.38. The molecule has 3 aromatic rings. The largest absolute Gasteiger partial charge is 0.497 e. The van der Waals surface area contributed by atoms with E-state index in [0.29, 0.717) is 0 Å². The number of aromatic nitrogens is 1. The van der Waals surface area contributed by atoms with Crippen LogP contribution in [-0.4, -0.2) is 19.2 Å². The smallest absolute Gasteiger partial charge is 0.188 e. The van der Waals surface area contributed by atoms with Crippen LogP contribution in [0.2, 0.25) is 0 Å². The summed E-state index contributed by atoms with van der Waals surface area (Å²) in [6, 6.07) is 11.7. The first-order chi connectivity index (χ1) is 10.2. The van der Waals surface area contributed by atoms with Crippen molar-refractivity contribution in [2.24, 2.45) is 0 Å². The Bertz CT molecular complexity index is 788. The number of hydrogen-bond acceptors (Lipinski definition) is 5. The zero-order valence-corrected chi connectivity index (χ0v) is 13.9. The standard InChI is InChI=1S/C15H13BrN2O2S/c1-19-10-4-5-11(13(8-10)20-2)17-15-18-12-7-9(16)3-6-14(12)21-15/h3-8H,1-2H3,(H,17,18). The molecule has 0 aliphatic rings. The minimum atomic E-state index is 0.717. The summed E-state index contributed by atoms with van der Waals surface area (Å²) in [4.78, 5) is 4.58. The van der Waals surface area contributed by atoms with E-state index in [4.69, 9.17) is 9.47 Å². The summed E-state index contributed by atoms with van der Waals surface area (Å²) in [6.07, 6.45) is 0. The number of anilines is 2. The molecule has 2 aromatic carbocycles. The molecule has 0 aliphatic carbocycles. The van der Waals surface area contributed by atoms with Crippen LogP contribution in [0.3, 0.4) is 0 Å². The molecule has 0 saturated heterocycles. The Morgan fingerprint density at radius 1 is 1.10 bits per heavy atom. The normalized spacial score (nSPS) is 10.6. The first-order valence-electron chi connectivity index (χ1n) is 6.25. The molecule has 6 heteroatoms. The van der Waals surface area contributed by atoms with Crippen LogP contribution >= 0.6 is 27.3 Å². The topological polar surface area (TPSA) is 43.4 Å². The second-order valence-electron chi connectivity index (χ2n) is 4.32. The highest BCUT2D eigenvalue weighted by atomic mass is 79.9. The lowest BCUT2D eigenvalue weighted by Crippen LogP contribution is -1.95. The highest BCUT2D eigenvalue weighted by molar-refractivity contribution is 9.10. The number of fused-ring (bicyclic) bond motifs is 1. The van der Waals surface area contributed by atoms with Crippen LogP contribution < -0.4 is 14.8 Å². The number of ether oxygens (including phenoxy) is 2. The summed E-state index contributed by atoms with van der Waals surface area (Å²) < 4.78 is 12.7. The summed E-state index contributed by atoms with van der Waals surface area (Å²) in [5.41, 5.74) is 1.82. The quantitative estimate of drug-likeness (QED) is 0.720. The molecule has 1 N–H and O–H groups in total. The number of rotatable bonds is 4. The lowest BCUT2D eigenvalue weighted by molar-refractivity contribution is 0.395. The zero-order chi connectivity index (χ0) is 14.8. The Labute approximate surface area is 134 Å². The van der Waals surface area contributed by atoms with Crippen LogP contribution in [0.1, 0.15) is 0 Å². The van der Waals surface area contributed by atoms with E-state index in [9.17, 15) is 0 Å². The molecule has 4 nitrogen and oxygen atoms in total. The van der Waals surface area contributed by atoms with Crippen molar-refractivity contribution < 1.29 is 9.47 Å². The van der Waals surface area contributed by atoms with Crippen molar-refractivity contribution in [1.82, 2.24) is 4.98 Å². The fourth-order valence-electron chi connectivity index (χ4n) is 1.97. The monoisotopic (exact) mass is 364 g/mol. The lowest BCUT2D eigenvalue weighted by Gasteiger charge is -2.10. The van der Waals surface area contributed by atoms with E-state index < -0.39 is 0 Å². The Balaban J connectivity index is 1.94. The van der Waals surface area contributed by atoms with Crippen molar-refractivity contribution in [3.63, 3.8) is 0 Å². The third-order valence-corrected chi connectivity index (χ3v) is 4.44. The average molecular weight is 365 g/mol. The molecule has 1 aromatic heterocycles. The molecular formula is C15H13BrN2O2S. The van der Waals surface area contributed by atoms with Crippen molar-refractivity contribution in [2.45, 2.75) is 0 Å². The summed E-state index contributed by atoms with van der Waals surface area (Å²) in [6.45, 7) is 0. The first-order valence-corrected chi connectivity index (χ1v) is 7.85. The molecule has 0 unspecified atom stereocenters. The predicted octanol–water partition coefficient (Wildman–Crippen LogP) is 4.82. The second-order valence-corrected chi connectivity index (χ2v) is 6.27. The molecule has 3 rings (SSSR count). The van der Waals surface area contributed by atoms with Gasteiger partial charge in [0.1, 0.15) is 11.5 Å². The molecule has 0 fully saturated rings. The summed E-state index contributed by atoms with van der Waals surface area (Å²) in [5, 5.41) is 4.12. The lowest BCUT2D eigenvalue weighted by atomic mass is 10.3. The van der Waals surface area contributed by atoms with Gasteiger partial charge in [-0.15, -0.1) is 0 Å². The number of hydrogen-bond donors (Lipinski definition) is 1. The van der Waals surface area contributed by atoms with Crippen LogP contribution in [0.25, 0.3) is 10.2 Å². The molecule has 108 valence electrons. The van der Waals surface area contributed by atoms with Gasteiger partial charge in [-0.25, -0.2) is 4.98 Å². The molecular weight excluding hydrogens is 352 g/mol. The van der Waals surface area contributed by atoms with Gasteiger partial charge in [0.25, 0.3) is 0 Å². The van der Waals surface area contributed by atoms with Crippen LogP contribution in [0.15, 0.2) is 40.9 Å². The van der Waals surface area contributed by atoms with Crippen molar-refractivity contribution in [2.75, 3.05) is 19.5 Å². The maximum atomic E-state index is 5.38. The third-order valence-electron chi connectivity index (χ3n) is 3.00. The molecule has 21 heavy (non-hydrogen) atoms. The van der Waals surface area contributed by atoms with E-state index >= 15 is 0 Å². The first kappa shape index (κ1) is 14.2. The van der Waals surface area contributed by atoms with Crippen LogP contribution in [0, 0.1) is 0 Å². The average Bonchev–Trinajstić information content (AvgIpc) is 2.89. The molecule has 1 heterocycles. The van der Waals surface area contributed by atoms with E-state index in [1.807, 2.05) is 36.4 Å². The molecule has 0 saturated carbocycles. The Morgan fingerprint density at radius 3 is 2.71 bits per heavy atom. The van der Waals surface area contributed by atoms with Crippen molar-refractivity contribution >= 4 is 48.3 Å². The van der Waals surface area contributed by atoms with E-state index in [2.05, 4.69) is 26.2 Å². The van der Waals surface area contributed by atoms with Crippen molar-refractivity contribution in [3.05, 3.63) is 40.9 Å². The number of nitrogens with zero attached hydrogens (tertiary/aromatic N) is 1. The predicted molar refractivity (Wildman–Crippen MR) is 90.1 cm³/mol. The maximum Gasteiger partial charge on any atom is 0.188 e. The van der Waals surface area contributed by atoms with Gasteiger partial charge >= 0.3 is 0 Å². The van der Waals surface area contributed by atoms with Gasteiger partial charge in [0.05, 0.1) is 30.1 Å². The summed E-state index contributed by atoms with van der Waals surface area (Å²) >= 11 is 5.06. The number of methoxy groups -OCH3 is 2. The number of nitrogens with one attached hydrogen (secondary N) is 1. The van der Waals surface area contributed by atoms with Gasteiger partial charge < -0.3 is 14.8 Å². The van der Waals surface area contributed by atoms with Crippen LogP contribution in [0.5, 0.6) is 11.5 Å². The van der Waals surface area contributed by atoms with Gasteiger partial charge in [-0.2, -0.15) is 0 Å². The van der Waals surface area contributed by atoms with Gasteiger partial charge in [0, 0.05) is 10.5 Å². The Hall–Kier alpha value is -1.79. The van der Waals surface area contributed by atoms with Gasteiger partial charge in [-0.1, -0.05) is 27.3 Å². The number of halogens is 1. The van der Waals surface area contributed by atoms with Crippen LogP contribution in [0.4, 0.5) is 10.8 Å². The minimum absolute atomic E-state index is 0.717. The number of benzene rings is 2. The second kappa shape index (κ2) is 5.91. The minimum Gasteiger partial charge on any atom is -0.497 e. The third kappa shape index (κ3) is 2.96. The number of thiazole rings is 1. The van der Waals surface area contributed by atoms with Crippen LogP contribution in [-0.2, 0) is 0 Å². The van der Waals surface area contributed by atoms with E-state index in [1.54, 1.807) is 25.6 Å².